The van der Waals surface area contributed by atoms with Gasteiger partial charge in [-0.25, -0.2) is 4.39 Å². The molecule has 4 nitrogen and oxygen atoms in total. The van der Waals surface area contributed by atoms with Gasteiger partial charge in [-0.3, -0.25) is 9.59 Å². The van der Waals surface area contributed by atoms with Gasteiger partial charge < -0.3 is 10.2 Å². The van der Waals surface area contributed by atoms with E-state index in [1.807, 2.05) is 13.8 Å². The Kier molecular flexibility index (Phi) is 8.47. The molecular formula is C22H25Cl2FN2O2. The van der Waals surface area contributed by atoms with Crippen molar-refractivity contribution < 1.29 is 14.0 Å². The molecule has 7 heteroatoms. The third kappa shape index (κ3) is 6.72. The van der Waals surface area contributed by atoms with Crippen molar-refractivity contribution in [1.82, 2.24) is 10.2 Å². The predicted octanol–water partition coefficient (Wildman–Crippen LogP) is 5.01. The minimum Gasteiger partial charge on any atom is -0.352 e. The second-order valence-corrected chi connectivity index (χ2v) is 7.88. The normalized spacial score (nSPS) is 12.9. The van der Waals surface area contributed by atoms with Crippen LogP contribution in [-0.2, 0) is 22.6 Å². The lowest BCUT2D eigenvalue weighted by Crippen LogP contribution is -2.49. The number of nitrogens with one attached hydrogen (secondary N) is 1. The molecule has 2 aromatic carbocycles. The summed E-state index contributed by atoms with van der Waals surface area (Å²) in [5.41, 5.74) is 1.43. The molecule has 1 N–H and O–H groups in total. The lowest BCUT2D eigenvalue weighted by molar-refractivity contribution is -0.140. The van der Waals surface area contributed by atoms with Crippen LogP contribution in [0.15, 0.2) is 42.5 Å². The van der Waals surface area contributed by atoms with Crippen molar-refractivity contribution in [3.63, 3.8) is 0 Å². The highest BCUT2D eigenvalue weighted by atomic mass is 35.5. The first-order chi connectivity index (χ1) is 13.7. The lowest BCUT2D eigenvalue weighted by Gasteiger charge is -2.30. The first-order valence-electron chi connectivity index (χ1n) is 9.49. The highest BCUT2D eigenvalue weighted by Crippen LogP contribution is 2.24. The standard InChI is InChI=1S/C22H25Cl2FN2O2/c1-4-14(2)26-22(29)15(3)27(13-17-7-10-19(23)20(24)11-17)21(28)12-16-5-8-18(25)9-6-16/h5-11,14-15H,4,12-13H2,1-3H3,(H,26,29)/t14-,15+/m1/s1. The summed E-state index contributed by atoms with van der Waals surface area (Å²) in [5.74, 6) is -0.837. The van der Waals surface area contributed by atoms with Gasteiger partial charge >= 0.3 is 0 Å². The zero-order chi connectivity index (χ0) is 21.6. The fourth-order valence-corrected chi connectivity index (χ4v) is 3.08. The summed E-state index contributed by atoms with van der Waals surface area (Å²) in [5, 5.41) is 3.71. The number of amides is 2. The summed E-state index contributed by atoms with van der Waals surface area (Å²) < 4.78 is 13.2. The fourth-order valence-electron chi connectivity index (χ4n) is 2.76. The Hall–Kier alpha value is -2.11. The largest absolute Gasteiger partial charge is 0.352 e. The van der Waals surface area contributed by atoms with E-state index in [0.29, 0.717) is 15.6 Å². The summed E-state index contributed by atoms with van der Waals surface area (Å²) in [6.07, 6.45) is 0.845. The van der Waals surface area contributed by atoms with Gasteiger partial charge in [-0.15, -0.1) is 0 Å². The van der Waals surface area contributed by atoms with Gasteiger partial charge in [0.25, 0.3) is 0 Å². The molecule has 0 aliphatic rings. The van der Waals surface area contributed by atoms with E-state index < -0.39 is 6.04 Å². The SMILES string of the molecule is CC[C@@H](C)NC(=O)[C@H](C)N(Cc1ccc(Cl)c(Cl)c1)C(=O)Cc1ccc(F)cc1. The third-order valence-corrected chi connectivity index (χ3v) is 5.51. The monoisotopic (exact) mass is 438 g/mol. The van der Waals surface area contributed by atoms with E-state index in [4.69, 9.17) is 23.2 Å². The fraction of sp³-hybridized carbons (Fsp3) is 0.364. The molecule has 0 aliphatic carbocycles. The summed E-state index contributed by atoms with van der Waals surface area (Å²) >= 11 is 12.1. The molecule has 0 spiro atoms. The zero-order valence-electron chi connectivity index (χ0n) is 16.7. The molecule has 0 fully saturated rings. The molecule has 156 valence electrons. The van der Waals surface area contributed by atoms with Crippen molar-refractivity contribution in [2.45, 2.75) is 52.2 Å². The molecule has 0 heterocycles. The van der Waals surface area contributed by atoms with Crippen LogP contribution in [0.25, 0.3) is 0 Å². The summed E-state index contributed by atoms with van der Waals surface area (Å²) in [6.45, 7) is 5.78. The van der Waals surface area contributed by atoms with Crippen molar-refractivity contribution in [1.29, 1.82) is 0 Å². The quantitative estimate of drug-likeness (QED) is 0.629. The van der Waals surface area contributed by atoms with E-state index in [2.05, 4.69) is 5.32 Å². The van der Waals surface area contributed by atoms with Gasteiger partial charge in [-0.2, -0.15) is 0 Å². The van der Waals surface area contributed by atoms with Gasteiger partial charge in [0.2, 0.25) is 11.8 Å². The van der Waals surface area contributed by atoms with Crippen LogP contribution in [-0.4, -0.2) is 28.8 Å². The number of carbonyl (C=O) groups is 2. The molecule has 2 aromatic rings. The lowest BCUT2D eigenvalue weighted by atomic mass is 10.1. The number of rotatable bonds is 8. The molecule has 0 aromatic heterocycles. The summed E-state index contributed by atoms with van der Waals surface area (Å²) in [6, 6.07) is 10.2. The second kappa shape index (κ2) is 10.6. The van der Waals surface area contributed by atoms with E-state index in [9.17, 15) is 14.0 Å². The van der Waals surface area contributed by atoms with Crippen LogP contribution >= 0.6 is 23.2 Å². The first kappa shape index (κ1) is 23.2. The third-order valence-electron chi connectivity index (χ3n) is 4.77. The van der Waals surface area contributed by atoms with E-state index >= 15 is 0 Å². The maximum Gasteiger partial charge on any atom is 0.242 e. The maximum absolute atomic E-state index is 13.2. The van der Waals surface area contributed by atoms with Crippen LogP contribution in [0.5, 0.6) is 0 Å². The topological polar surface area (TPSA) is 49.4 Å². The van der Waals surface area contributed by atoms with Crippen LogP contribution < -0.4 is 5.32 Å². The minimum atomic E-state index is -0.689. The molecule has 2 rings (SSSR count). The predicted molar refractivity (Wildman–Crippen MR) is 114 cm³/mol. The summed E-state index contributed by atoms with van der Waals surface area (Å²) in [7, 11) is 0. The van der Waals surface area contributed by atoms with Gasteiger partial charge in [0.1, 0.15) is 11.9 Å². The Bertz CT molecular complexity index is 858. The number of hydrogen-bond acceptors (Lipinski definition) is 2. The molecule has 0 bridgehead atoms. The molecule has 2 atom stereocenters. The average molecular weight is 439 g/mol. The van der Waals surface area contributed by atoms with Crippen molar-refractivity contribution >= 4 is 35.0 Å². The molecular weight excluding hydrogens is 414 g/mol. The molecule has 0 saturated heterocycles. The van der Waals surface area contributed by atoms with Crippen molar-refractivity contribution in [2.24, 2.45) is 0 Å². The van der Waals surface area contributed by atoms with Gasteiger partial charge in [0, 0.05) is 12.6 Å². The molecule has 2 amide bonds. The molecule has 0 radical (unpaired) electrons. The van der Waals surface area contributed by atoms with Crippen molar-refractivity contribution in [3.05, 3.63) is 69.5 Å². The number of benzene rings is 2. The second-order valence-electron chi connectivity index (χ2n) is 7.07. The molecule has 0 aliphatic heterocycles. The van der Waals surface area contributed by atoms with Gasteiger partial charge in [0.05, 0.1) is 16.5 Å². The molecule has 0 saturated carbocycles. The Balaban J connectivity index is 2.25. The highest BCUT2D eigenvalue weighted by molar-refractivity contribution is 6.42. The van der Waals surface area contributed by atoms with Crippen molar-refractivity contribution in [2.75, 3.05) is 0 Å². The Morgan fingerprint density at radius 1 is 1.03 bits per heavy atom. The van der Waals surface area contributed by atoms with E-state index in [-0.39, 0.29) is 36.6 Å². The Morgan fingerprint density at radius 3 is 2.24 bits per heavy atom. The van der Waals surface area contributed by atoms with Crippen LogP contribution in [0.3, 0.4) is 0 Å². The Morgan fingerprint density at radius 2 is 1.66 bits per heavy atom. The number of halogens is 3. The summed E-state index contributed by atoms with van der Waals surface area (Å²) in [4.78, 5) is 27.2. The molecule has 0 unspecified atom stereocenters. The Labute approximate surface area is 181 Å². The van der Waals surface area contributed by atoms with E-state index in [1.54, 1.807) is 37.3 Å². The highest BCUT2D eigenvalue weighted by Gasteiger charge is 2.27. The number of carbonyl (C=O) groups excluding carboxylic acids is 2. The van der Waals surface area contributed by atoms with Crippen molar-refractivity contribution in [3.8, 4) is 0 Å². The first-order valence-corrected chi connectivity index (χ1v) is 10.2. The van der Waals surface area contributed by atoms with Gasteiger partial charge in [0.15, 0.2) is 0 Å². The van der Waals surface area contributed by atoms with Crippen LogP contribution in [0.4, 0.5) is 4.39 Å². The van der Waals surface area contributed by atoms with Gasteiger partial charge in [-0.1, -0.05) is 48.3 Å². The van der Waals surface area contributed by atoms with E-state index in [0.717, 1.165) is 12.0 Å². The van der Waals surface area contributed by atoms with Crippen LogP contribution in [0.2, 0.25) is 10.0 Å². The molecule has 29 heavy (non-hydrogen) atoms. The average Bonchev–Trinajstić information content (AvgIpc) is 2.69. The van der Waals surface area contributed by atoms with Crippen LogP contribution in [0.1, 0.15) is 38.3 Å². The smallest absolute Gasteiger partial charge is 0.242 e. The van der Waals surface area contributed by atoms with E-state index in [1.165, 1.54) is 17.0 Å². The maximum atomic E-state index is 13.2. The zero-order valence-corrected chi connectivity index (χ0v) is 18.2. The number of nitrogens with zero attached hydrogens (tertiary/aromatic N) is 1. The van der Waals surface area contributed by atoms with Gasteiger partial charge in [-0.05, 0) is 55.7 Å². The van der Waals surface area contributed by atoms with Crippen LogP contribution in [0, 0.1) is 5.82 Å². The number of hydrogen-bond donors (Lipinski definition) is 1. The minimum absolute atomic E-state index is 0.00368.